The van der Waals surface area contributed by atoms with Gasteiger partial charge in [0.1, 0.15) is 4.47 Å². The number of hydrogen-bond acceptors (Lipinski definition) is 5. The Balaban J connectivity index is 2.80. The highest BCUT2D eigenvalue weighted by molar-refractivity contribution is 7.91. The molecule has 1 aromatic rings. The predicted molar refractivity (Wildman–Crippen MR) is 62.1 cm³/mol. The van der Waals surface area contributed by atoms with E-state index in [1.165, 1.54) is 6.92 Å². The molecule has 0 aliphatic heterocycles. The molecule has 0 saturated heterocycles. The number of hydrogen-bond donors (Lipinski definition) is 1. The zero-order valence-electron chi connectivity index (χ0n) is 9.51. The summed E-state index contributed by atoms with van der Waals surface area (Å²) >= 11 is 0.374. The van der Waals surface area contributed by atoms with Crippen molar-refractivity contribution >= 4 is 21.3 Å². The van der Waals surface area contributed by atoms with E-state index < -0.39 is 26.1 Å². The van der Waals surface area contributed by atoms with Crippen molar-refractivity contribution in [3.05, 3.63) is 26.2 Å². The van der Waals surface area contributed by atoms with Crippen molar-refractivity contribution < 1.29 is 22.4 Å². The van der Waals surface area contributed by atoms with Crippen molar-refractivity contribution in [2.45, 2.75) is 19.6 Å². The summed E-state index contributed by atoms with van der Waals surface area (Å²) in [5, 5.41) is 8.06. The first-order chi connectivity index (χ1) is 8.66. The van der Waals surface area contributed by atoms with Crippen LogP contribution in [-0.4, -0.2) is 20.0 Å². The number of halogens is 3. The number of nitrogens with one attached hydrogen (secondary N) is 1. The Morgan fingerprint density at radius 2 is 2.26 bits per heavy atom. The van der Waals surface area contributed by atoms with Crippen molar-refractivity contribution in [2.75, 3.05) is 5.75 Å². The Labute approximate surface area is 110 Å². The van der Waals surface area contributed by atoms with Crippen LogP contribution in [0.1, 0.15) is 16.8 Å². The van der Waals surface area contributed by atoms with Gasteiger partial charge < -0.3 is 0 Å². The molecule has 0 fully saturated rings. The van der Waals surface area contributed by atoms with Crippen LogP contribution in [0.3, 0.4) is 0 Å². The van der Waals surface area contributed by atoms with E-state index in [1.807, 2.05) is 0 Å². The van der Waals surface area contributed by atoms with E-state index in [-0.39, 0.29) is 17.2 Å². The minimum atomic E-state index is -4.54. The first-order valence-corrected chi connectivity index (χ1v) is 7.32. The Hall–Kier alpha value is -1.27. The lowest BCUT2D eigenvalue weighted by Crippen LogP contribution is -2.25. The molecule has 7 nitrogen and oxygen atoms in total. The summed E-state index contributed by atoms with van der Waals surface area (Å²) in [6.07, 6.45) is -3.57. The van der Waals surface area contributed by atoms with Gasteiger partial charge >= 0.3 is 6.18 Å². The standard InChI is InChI=1S/C7H9F3N4O3S2/c1-2-19(17,13-14(15)16)12-4-5-3-11-6(18-5)7(8,9)10/h3H,2,4H2,1H3,(H,12,13,17). The lowest BCUT2D eigenvalue weighted by Gasteiger charge is -2.04. The van der Waals surface area contributed by atoms with Crippen LogP contribution in [0.4, 0.5) is 13.2 Å². The van der Waals surface area contributed by atoms with E-state index in [2.05, 4.69) is 14.2 Å². The third-order valence-electron chi connectivity index (χ3n) is 1.86. The second kappa shape index (κ2) is 5.79. The van der Waals surface area contributed by atoms with Gasteiger partial charge in [-0.15, -0.1) is 11.3 Å². The van der Waals surface area contributed by atoms with Gasteiger partial charge in [-0.25, -0.2) is 24.0 Å². The molecule has 0 bridgehead atoms. The van der Waals surface area contributed by atoms with Crippen molar-refractivity contribution in [2.24, 2.45) is 4.47 Å². The maximum Gasteiger partial charge on any atom is 0.443 e. The molecular weight excluding hydrogens is 309 g/mol. The average molecular weight is 318 g/mol. The van der Waals surface area contributed by atoms with E-state index in [1.54, 1.807) is 0 Å². The highest BCUT2D eigenvalue weighted by Gasteiger charge is 2.34. The summed E-state index contributed by atoms with van der Waals surface area (Å²) in [6.45, 7) is 1.17. The summed E-state index contributed by atoms with van der Waals surface area (Å²) in [6, 6.07) is 0. The second-order valence-corrected chi connectivity index (χ2v) is 6.62. The number of alkyl halides is 3. The van der Waals surface area contributed by atoms with Gasteiger partial charge in [0.2, 0.25) is 5.03 Å². The van der Waals surface area contributed by atoms with E-state index >= 15 is 0 Å². The molecule has 0 aliphatic carbocycles. The van der Waals surface area contributed by atoms with Crippen molar-refractivity contribution in [3.63, 3.8) is 0 Å². The van der Waals surface area contributed by atoms with Gasteiger partial charge in [-0.05, 0) is 0 Å². The summed E-state index contributed by atoms with van der Waals surface area (Å²) in [5.74, 6) is -0.140. The molecule has 0 saturated carbocycles. The Kier molecular flexibility index (Phi) is 4.81. The number of aromatic nitrogens is 1. The molecule has 0 radical (unpaired) electrons. The second-order valence-electron chi connectivity index (χ2n) is 3.20. The third kappa shape index (κ3) is 4.72. The molecule has 0 aromatic carbocycles. The minimum absolute atomic E-state index is 0.140. The summed E-state index contributed by atoms with van der Waals surface area (Å²) < 4.78 is 53.7. The molecule has 1 aromatic heterocycles. The number of nitro groups is 1. The van der Waals surface area contributed by atoms with Crippen LogP contribution >= 0.6 is 11.3 Å². The normalized spacial score (nSPS) is 14.9. The van der Waals surface area contributed by atoms with Crippen molar-refractivity contribution in [1.29, 1.82) is 0 Å². The molecule has 0 spiro atoms. The van der Waals surface area contributed by atoms with Crippen LogP contribution in [0.25, 0.3) is 0 Å². The fraction of sp³-hybridized carbons (Fsp3) is 0.571. The first-order valence-electron chi connectivity index (χ1n) is 4.82. The monoisotopic (exact) mass is 318 g/mol. The van der Waals surface area contributed by atoms with Crippen LogP contribution < -0.4 is 4.72 Å². The van der Waals surface area contributed by atoms with Crippen molar-refractivity contribution in [3.8, 4) is 0 Å². The molecule has 1 atom stereocenters. The Morgan fingerprint density at radius 1 is 1.63 bits per heavy atom. The predicted octanol–water partition coefficient (Wildman–Crippen LogP) is 1.85. The van der Waals surface area contributed by atoms with Crippen LogP contribution in [0, 0.1) is 10.1 Å². The van der Waals surface area contributed by atoms with Gasteiger partial charge in [0.25, 0.3) is 0 Å². The van der Waals surface area contributed by atoms with Gasteiger partial charge in [0, 0.05) is 23.4 Å². The fourth-order valence-corrected chi connectivity index (χ4v) is 2.78. The average Bonchev–Trinajstić information content (AvgIpc) is 2.74. The topological polar surface area (TPSA) is 97.5 Å². The first kappa shape index (κ1) is 15.8. The number of rotatable bonds is 5. The van der Waals surface area contributed by atoms with Crippen LogP contribution in [-0.2, 0) is 22.6 Å². The molecule has 19 heavy (non-hydrogen) atoms. The van der Waals surface area contributed by atoms with Gasteiger partial charge in [0.05, 0.1) is 0 Å². The van der Waals surface area contributed by atoms with Gasteiger partial charge in [-0.1, -0.05) is 6.92 Å². The number of thiazole rings is 1. The molecule has 1 N–H and O–H groups in total. The zero-order chi connectivity index (χ0) is 14.7. The van der Waals surface area contributed by atoms with E-state index in [0.29, 0.717) is 11.3 Å². The molecular formula is C7H9F3N4O3S2. The van der Waals surface area contributed by atoms with Crippen LogP contribution in [0.15, 0.2) is 10.7 Å². The molecule has 12 heteroatoms. The van der Waals surface area contributed by atoms with E-state index in [9.17, 15) is 27.5 Å². The summed E-state index contributed by atoms with van der Waals surface area (Å²) in [5.41, 5.74) is 0. The van der Waals surface area contributed by atoms with E-state index in [0.717, 1.165) is 6.20 Å². The smallest absolute Gasteiger partial charge is 0.240 e. The van der Waals surface area contributed by atoms with Crippen molar-refractivity contribution in [1.82, 2.24) is 9.71 Å². The highest BCUT2D eigenvalue weighted by Crippen LogP contribution is 2.32. The van der Waals surface area contributed by atoms with Gasteiger partial charge in [-0.3, -0.25) is 0 Å². The quantitative estimate of drug-likeness (QED) is 0.661. The molecule has 1 unspecified atom stereocenters. The molecule has 1 rings (SSSR count). The Bertz CT molecular complexity index is 576. The van der Waals surface area contributed by atoms with E-state index in [4.69, 9.17) is 0 Å². The Morgan fingerprint density at radius 3 is 2.68 bits per heavy atom. The lowest BCUT2D eigenvalue weighted by atomic mass is 10.6. The molecule has 1 heterocycles. The van der Waals surface area contributed by atoms with Crippen LogP contribution in [0.2, 0.25) is 0 Å². The van der Waals surface area contributed by atoms with Gasteiger partial charge in [0.15, 0.2) is 14.9 Å². The largest absolute Gasteiger partial charge is 0.443 e. The SMILES string of the molecule is CCS(=O)(=N[N+](=O)[O-])NCc1cnc(C(F)(F)F)s1. The molecule has 0 aliphatic rings. The lowest BCUT2D eigenvalue weighted by molar-refractivity contribution is -0.482. The summed E-state index contributed by atoms with van der Waals surface area (Å²) in [4.78, 5) is 13.5. The molecule has 108 valence electrons. The zero-order valence-corrected chi connectivity index (χ0v) is 11.1. The maximum absolute atomic E-state index is 12.3. The highest BCUT2D eigenvalue weighted by atomic mass is 32.2. The fourth-order valence-electron chi connectivity index (χ4n) is 1.00. The number of nitrogens with zero attached hydrogens (tertiary/aromatic N) is 3. The maximum atomic E-state index is 12.3. The van der Waals surface area contributed by atoms with Gasteiger partial charge in [-0.2, -0.15) is 13.2 Å². The minimum Gasteiger partial charge on any atom is -0.240 e. The van der Waals surface area contributed by atoms with Crippen LogP contribution in [0.5, 0.6) is 0 Å². The third-order valence-corrected chi connectivity index (χ3v) is 4.68. The molecule has 0 amide bonds. The summed E-state index contributed by atoms with van der Waals surface area (Å²) in [7, 11) is -3.28.